The number of ether oxygens (including phenoxy) is 3. The number of hydrogen-bond acceptors (Lipinski definition) is 7. The number of hydrogen-bond donors (Lipinski definition) is 1. The van der Waals surface area contributed by atoms with Crippen molar-refractivity contribution in [2.45, 2.75) is 20.8 Å². The van der Waals surface area contributed by atoms with Crippen LogP contribution < -0.4 is 10.1 Å². The summed E-state index contributed by atoms with van der Waals surface area (Å²) >= 11 is 1.11. The molecule has 0 unspecified atom stereocenters. The number of rotatable bonds is 8. The summed E-state index contributed by atoms with van der Waals surface area (Å²) < 4.78 is 15.3. The lowest BCUT2D eigenvalue weighted by atomic mass is 10.2. The van der Waals surface area contributed by atoms with E-state index in [2.05, 4.69) is 5.32 Å². The van der Waals surface area contributed by atoms with Crippen LogP contribution in [0, 0.1) is 6.92 Å². The average Bonchev–Trinajstić information content (AvgIpc) is 3.01. The molecule has 1 amide bonds. The van der Waals surface area contributed by atoms with E-state index in [1.165, 1.54) is 0 Å². The summed E-state index contributed by atoms with van der Waals surface area (Å²) in [6.45, 7) is 5.72. The van der Waals surface area contributed by atoms with Crippen LogP contribution in [0.1, 0.15) is 39.4 Å². The summed E-state index contributed by atoms with van der Waals surface area (Å²) in [6, 6.07) is 8.12. The molecule has 0 atom stereocenters. The zero-order valence-corrected chi connectivity index (χ0v) is 16.2. The van der Waals surface area contributed by atoms with Crippen LogP contribution in [-0.4, -0.2) is 37.7 Å². The lowest BCUT2D eigenvalue weighted by Gasteiger charge is -2.06. The van der Waals surface area contributed by atoms with E-state index in [1.807, 2.05) is 6.92 Å². The van der Waals surface area contributed by atoms with E-state index >= 15 is 0 Å². The first-order chi connectivity index (χ1) is 12.9. The first-order valence-corrected chi connectivity index (χ1v) is 9.23. The molecule has 0 fully saturated rings. The fourth-order valence-electron chi connectivity index (χ4n) is 2.18. The van der Waals surface area contributed by atoms with Gasteiger partial charge in [-0.05, 0) is 56.7 Å². The number of amides is 1. The third kappa shape index (κ3) is 5.82. The summed E-state index contributed by atoms with van der Waals surface area (Å²) in [5, 5.41) is 3.09. The lowest BCUT2D eigenvalue weighted by molar-refractivity contribution is -0.119. The Hall–Kier alpha value is -2.87. The fourth-order valence-corrected chi connectivity index (χ4v) is 3.17. The molecule has 27 heavy (non-hydrogen) atoms. The second kappa shape index (κ2) is 9.72. The predicted octanol–water partition coefficient (Wildman–Crippen LogP) is 3.43. The zero-order valence-electron chi connectivity index (χ0n) is 15.4. The van der Waals surface area contributed by atoms with Gasteiger partial charge in [-0.25, -0.2) is 9.59 Å². The Labute approximate surface area is 161 Å². The molecule has 1 aromatic carbocycles. The van der Waals surface area contributed by atoms with Crippen LogP contribution in [-0.2, 0) is 14.3 Å². The van der Waals surface area contributed by atoms with Crippen molar-refractivity contribution in [1.82, 2.24) is 0 Å². The maximum atomic E-state index is 12.0. The van der Waals surface area contributed by atoms with Gasteiger partial charge < -0.3 is 19.5 Å². The molecule has 2 aromatic rings. The van der Waals surface area contributed by atoms with Gasteiger partial charge in [-0.15, -0.1) is 11.3 Å². The molecule has 8 heteroatoms. The first-order valence-electron chi connectivity index (χ1n) is 8.42. The number of anilines is 1. The molecule has 7 nitrogen and oxygen atoms in total. The van der Waals surface area contributed by atoms with Gasteiger partial charge >= 0.3 is 11.9 Å². The van der Waals surface area contributed by atoms with Crippen LogP contribution in [0.25, 0.3) is 0 Å². The van der Waals surface area contributed by atoms with E-state index in [4.69, 9.17) is 14.2 Å². The molecule has 0 spiro atoms. The Morgan fingerprint density at radius 3 is 2.33 bits per heavy atom. The van der Waals surface area contributed by atoms with Crippen molar-refractivity contribution in [3.8, 4) is 5.75 Å². The second-order valence-corrected chi connectivity index (χ2v) is 6.48. The topological polar surface area (TPSA) is 90.9 Å². The average molecular weight is 391 g/mol. The molecule has 1 aromatic heterocycles. The Kier molecular flexibility index (Phi) is 7.36. The van der Waals surface area contributed by atoms with E-state index in [0.717, 1.165) is 11.3 Å². The molecule has 0 aliphatic heterocycles. The van der Waals surface area contributed by atoms with Crippen LogP contribution in [0.2, 0.25) is 0 Å². The molecule has 0 radical (unpaired) electrons. The SMILES string of the molecule is CCOC(=O)c1sc(NC(=O)COC(=O)c2ccc(OCC)cc2)cc1C. The molecule has 2 rings (SSSR count). The quantitative estimate of drug-likeness (QED) is 0.694. The van der Waals surface area contributed by atoms with Gasteiger partial charge in [0, 0.05) is 0 Å². The summed E-state index contributed by atoms with van der Waals surface area (Å²) in [5.74, 6) is -0.881. The van der Waals surface area contributed by atoms with Crippen LogP contribution in [0.15, 0.2) is 30.3 Å². The second-order valence-electron chi connectivity index (χ2n) is 5.42. The zero-order chi connectivity index (χ0) is 19.8. The van der Waals surface area contributed by atoms with Crippen molar-refractivity contribution in [2.75, 3.05) is 25.1 Å². The number of aryl methyl sites for hydroxylation is 1. The molecular formula is C19H21NO6S. The number of esters is 2. The minimum absolute atomic E-state index is 0.277. The lowest BCUT2D eigenvalue weighted by Crippen LogP contribution is -2.20. The highest BCUT2D eigenvalue weighted by atomic mass is 32.1. The Balaban J connectivity index is 1.88. The molecule has 0 aliphatic rings. The van der Waals surface area contributed by atoms with Gasteiger partial charge in [0.15, 0.2) is 6.61 Å². The van der Waals surface area contributed by atoms with E-state index in [0.29, 0.717) is 33.4 Å². The molecule has 1 N–H and O–H groups in total. The normalized spacial score (nSPS) is 10.2. The van der Waals surface area contributed by atoms with Gasteiger partial charge in [0.1, 0.15) is 10.6 Å². The molecule has 0 bridgehead atoms. The standard InChI is InChI=1S/C19H21NO6S/c1-4-24-14-8-6-13(7-9-14)18(22)26-11-15(21)20-16-10-12(3)17(27-16)19(23)25-5-2/h6-10H,4-5,11H2,1-3H3,(H,20,21). The number of carbonyl (C=O) groups excluding carboxylic acids is 3. The van der Waals surface area contributed by atoms with Gasteiger partial charge in [-0.3, -0.25) is 4.79 Å². The Morgan fingerprint density at radius 2 is 1.70 bits per heavy atom. The minimum Gasteiger partial charge on any atom is -0.494 e. The highest BCUT2D eigenvalue weighted by Gasteiger charge is 2.16. The Morgan fingerprint density at radius 1 is 1.00 bits per heavy atom. The summed E-state index contributed by atoms with van der Waals surface area (Å²) in [4.78, 5) is 36.2. The molecular weight excluding hydrogens is 370 g/mol. The van der Waals surface area contributed by atoms with Gasteiger partial charge in [-0.2, -0.15) is 0 Å². The van der Waals surface area contributed by atoms with Crippen LogP contribution >= 0.6 is 11.3 Å². The smallest absolute Gasteiger partial charge is 0.348 e. The van der Waals surface area contributed by atoms with Crippen molar-refractivity contribution in [3.05, 3.63) is 46.3 Å². The van der Waals surface area contributed by atoms with Gasteiger partial charge in [0.2, 0.25) is 0 Å². The largest absolute Gasteiger partial charge is 0.494 e. The van der Waals surface area contributed by atoms with Crippen LogP contribution in [0.4, 0.5) is 5.00 Å². The van der Waals surface area contributed by atoms with Gasteiger partial charge in [0.05, 0.1) is 23.8 Å². The predicted molar refractivity (Wildman–Crippen MR) is 102 cm³/mol. The highest BCUT2D eigenvalue weighted by molar-refractivity contribution is 7.18. The first kappa shape index (κ1) is 20.4. The monoisotopic (exact) mass is 391 g/mol. The molecule has 0 saturated carbocycles. The van der Waals surface area contributed by atoms with Crippen molar-refractivity contribution in [2.24, 2.45) is 0 Å². The summed E-state index contributed by atoms with van der Waals surface area (Å²) in [6.07, 6.45) is 0. The number of benzene rings is 1. The maximum Gasteiger partial charge on any atom is 0.348 e. The van der Waals surface area contributed by atoms with E-state index < -0.39 is 24.5 Å². The van der Waals surface area contributed by atoms with Crippen molar-refractivity contribution < 1.29 is 28.6 Å². The Bertz CT molecular complexity index is 812. The molecule has 0 aliphatic carbocycles. The van der Waals surface area contributed by atoms with Gasteiger partial charge in [0.25, 0.3) is 5.91 Å². The summed E-state index contributed by atoms with van der Waals surface area (Å²) in [5.41, 5.74) is 1.03. The van der Waals surface area contributed by atoms with E-state index in [9.17, 15) is 14.4 Å². The molecule has 144 valence electrons. The van der Waals surface area contributed by atoms with E-state index in [-0.39, 0.29) is 6.61 Å². The van der Waals surface area contributed by atoms with Crippen molar-refractivity contribution >= 4 is 34.2 Å². The molecule has 1 heterocycles. The highest BCUT2D eigenvalue weighted by Crippen LogP contribution is 2.27. The third-order valence-corrected chi connectivity index (χ3v) is 4.51. The van der Waals surface area contributed by atoms with Crippen molar-refractivity contribution in [3.63, 3.8) is 0 Å². The maximum absolute atomic E-state index is 12.0. The van der Waals surface area contributed by atoms with Crippen molar-refractivity contribution in [1.29, 1.82) is 0 Å². The van der Waals surface area contributed by atoms with Crippen LogP contribution in [0.5, 0.6) is 5.75 Å². The fraction of sp³-hybridized carbons (Fsp3) is 0.316. The number of thiophene rings is 1. The van der Waals surface area contributed by atoms with E-state index in [1.54, 1.807) is 44.2 Å². The van der Waals surface area contributed by atoms with Gasteiger partial charge in [-0.1, -0.05) is 0 Å². The number of nitrogens with one attached hydrogen (secondary N) is 1. The number of carbonyl (C=O) groups is 3. The minimum atomic E-state index is -0.609. The molecule has 0 saturated heterocycles. The third-order valence-electron chi connectivity index (χ3n) is 3.38. The van der Waals surface area contributed by atoms with Crippen LogP contribution in [0.3, 0.4) is 0 Å². The summed E-state index contributed by atoms with van der Waals surface area (Å²) in [7, 11) is 0.